The highest BCUT2D eigenvalue weighted by Gasteiger charge is 2.13. The van der Waals surface area contributed by atoms with Crippen LogP contribution in [0.4, 0.5) is 0 Å². The summed E-state index contributed by atoms with van der Waals surface area (Å²) >= 11 is 3.06. The molecule has 0 saturated heterocycles. The van der Waals surface area contributed by atoms with Crippen LogP contribution in [-0.2, 0) is 6.42 Å². The van der Waals surface area contributed by atoms with Crippen LogP contribution >= 0.6 is 23.1 Å². The summed E-state index contributed by atoms with van der Waals surface area (Å²) in [5.41, 5.74) is 2.66. The second-order valence-corrected chi connectivity index (χ2v) is 7.00. The first-order chi connectivity index (χ1) is 10.6. The van der Waals surface area contributed by atoms with E-state index in [1.807, 2.05) is 31.4 Å². The van der Waals surface area contributed by atoms with E-state index in [1.165, 1.54) is 16.6 Å². The maximum absolute atomic E-state index is 12.2. The standard InChI is InChI=1S/C15H16N4OS2/c1-9-6-12(10(2)16-9)13(20)8-22-15-17-14(18-19-15)7-11-4-3-5-21-11/h3-6,16H,7-8H2,1-2H3,(H,17,18,19). The molecule has 0 aliphatic heterocycles. The van der Waals surface area contributed by atoms with Gasteiger partial charge in [0, 0.05) is 28.2 Å². The Bertz CT molecular complexity index is 773. The van der Waals surface area contributed by atoms with E-state index in [9.17, 15) is 4.79 Å². The fourth-order valence-electron chi connectivity index (χ4n) is 2.22. The molecule has 0 spiro atoms. The summed E-state index contributed by atoms with van der Waals surface area (Å²) in [6.45, 7) is 3.86. The van der Waals surface area contributed by atoms with Crippen LogP contribution in [0, 0.1) is 13.8 Å². The Hall–Kier alpha value is -1.86. The van der Waals surface area contributed by atoms with E-state index in [2.05, 4.69) is 26.2 Å². The molecule has 0 bridgehead atoms. The molecule has 0 aliphatic rings. The highest BCUT2D eigenvalue weighted by atomic mass is 32.2. The maximum atomic E-state index is 12.2. The van der Waals surface area contributed by atoms with Gasteiger partial charge in [0.2, 0.25) is 5.16 Å². The normalized spacial score (nSPS) is 11.0. The smallest absolute Gasteiger partial charge is 0.208 e. The molecule has 114 valence electrons. The number of ketones is 1. The van der Waals surface area contributed by atoms with Crippen LogP contribution in [0.15, 0.2) is 28.7 Å². The van der Waals surface area contributed by atoms with Crippen molar-refractivity contribution in [3.05, 3.63) is 51.2 Å². The Morgan fingerprint density at radius 3 is 2.95 bits per heavy atom. The average Bonchev–Trinajstić information content (AvgIpc) is 3.19. The Balaban J connectivity index is 1.59. The lowest BCUT2D eigenvalue weighted by Crippen LogP contribution is -2.03. The quantitative estimate of drug-likeness (QED) is 0.536. The molecule has 2 N–H and O–H groups in total. The fraction of sp³-hybridized carbons (Fsp3) is 0.267. The molecular weight excluding hydrogens is 316 g/mol. The number of aromatic amines is 2. The van der Waals surface area contributed by atoms with Gasteiger partial charge in [0.1, 0.15) is 5.82 Å². The van der Waals surface area contributed by atoms with E-state index in [0.717, 1.165) is 29.2 Å². The average molecular weight is 332 g/mol. The van der Waals surface area contributed by atoms with Gasteiger partial charge < -0.3 is 4.98 Å². The summed E-state index contributed by atoms with van der Waals surface area (Å²) in [4.78, 5) is 21.0. The largest absolute Gasteiger partial charge is 0.362 e. The number of carbonyl (C=O) groups is 1. The van der Waals surface area contributed by atoms with Crippen molar-refractivity contribution in [2.45, 2.75) is 25.4 Å². The highest BCUT2D eigenvalue weighted by molar-refractivity contribution is 7.99. The molecule has 3 rings (SSSR count). The molecule has 0 radical (unpaired) electrons. The number of aryl methyl sites for hydroxylation is 2. The molecule has 0 atom stereocenters. The van der Waals surface area contributed by atoms with E-state index in [4.69, 9.17) is 0 Å². The molecule has 3 aromatic rings. The van der Waals surface area contributed by atoms with Crippen LogP contribution in [0.25, 0.3) is 0 Å². The number of nitrogens with one attached hydrogen (secondary N) is 2. The molecule has 0 amide bonds. The monoisotopic (exact) mass is 332 g/mol. The number of Topliss-reactive ketones (excluding diaryl/α,β-unsaturated/α-hetero) is 1. The second kappa shape index (κ2) is 6.50. The first-order valence-electron chi connectivity index (χ1n) is 6.87. The summed E-state index contributed by atoms with van der Waals surface area (Å²) in [5.74, 6) is 1.26. The van der Waals surface area contributed by atoms with Crippen LogP contribution in [0.1, 0.15) is 32.4 Å². The van der Waals surface area contributed by atoms with Crippen molar-refractivity contribution in [1.82, 2.24) is 20.2 Å². The van der Waals surface area contributed by atoms with E-state index in [1.54, 1.807) is 11.3 Å². The van der Waals surface area contributed by atoms with Crippen LogP contribution in [-0.4, -0.2) is 31.7 Å². The van der Waals surface area contributed by atoms with Crippen molar-refractivity contribution < 1.29 is 4.79 Å². The summed E-state index contributed by atoms with van der Waals surface area (Å²) in [6.07, 6.45) is 0.745. The number of thioether (sulfide) groups is 1. The lowest BCUT2D eigenvalue weighted by atomic mass is 10.2. The summed E-state index contributed by atoms with van der Waals surface area (Å²) < 4.78 is 0. The predicted octanol–water partition coefficient (Wildman–Crippen LogP) is 3.38. The van der Waals surface area contributed by atoms with Gasteiger partial charge in [-0.25, -0.2) is 4.98 Å². The van der Waals surface area contributed by atoms with Gasteiger partial charge in [-0.2, -0.15) is 0 Å². The Morgan fingerprint density at radius 1 is 1.41 bits per heavy atom. The van der Waals surface area contributed by atoms with Crippen molar-refractivity contribution in [3.63, 3.8) is 0 Å². The molecule has 3 aromatic heterocycles. The van der Waals surface area contributed by atoms with Crippen molar-refractivity contribution in [2.24, 2.45) is 0 Å². The number of hydrogen-bond acceptors (Lipinski definition) is 5. The lowest BCUT2D eigenvalue weighted by molar-refractivity contribution is 0.102. The molecule has 0 aromatic carbocycles. The number of aromatic nitrogens is 4. The van der Waals surface area contributed by atoms with Crippen LogP contribution < -0.4 is 0 Å². The number of carbonyl (C=O) groups excluding carboxylic acids is 1. The molecule has 5 nitrogen and oxygen atoms in total. The first-order valence-corrected chi connectivity index (χ1v) is 8.74. The third kappa shape index (κ3) is 3.48. The number of H-pyrrole nitrogens is 2. The highest BCUT2D eigenvalue weighted by Crippen LogP contribution is 2.19. The molecule has 0 unspecified atom stereocenters. The Kier molecular flexibility index (Phi) is 4.44. The van der Waals surface area contributed by atoms with E-state index in [-0.39, 0.29) is 5.78 Å². The molecule has 7 heteroatoms. The summed E-state index contributed by atoms with van der Waals surface area (Å²) in [7, 11) is 0. The van der Waals surface area contributed by atoms with Gasteiger partial charge in [0.25, 0.3) is 0 Å². The molecule has 0 fully saturated rings. The lowest BCUT2D eigenvalue weighted by Gasteiger charge is -1.97. The van der Waals surface area contributed by atoms with Gasteiger partial charge in [-0.3, -0.25) is 9.89 Å². The van der Waals surface area contributed by atoms with Crippen LogP contribution in [0.2, 0.25) is 0 Å². The first kappa shape index (κ1) is 15.1. The third-order valence-corrected chi connectivity index (χ3v) is 4.94. The molecule has 22 heavy (non-hydrogen) atoms. The van der Waals surface area contributed by atoms with Gasteiger partial charge in [0.15, 0.2) is 5.78 Å². The maximum Gasteiger partial charge on any atom is 0.208 e. The Morgan fingerprint density at radius 2 is 2.27 bits per heavy atom. The minimum absolute atomic E-state index is 0.0939. The van der Waals surface area contributed by atoms with Gasteiger partial charge in [-0.1, -0.05) is 17.8 Å². The van der Waals surface area contributed by atoms with Crippen LogP contribution in [0.5, 0.6) is 0 Å². The van der Waals surface area contributed by atoms with E-state index < -0.39 is 0 Å². The number of nitrogens with zero attached hydrogens (tertiary/aromatic N) is 2. The minimum atomic E-state index is 0.0939. The van der Waals surface area contributed by atoms with Crippen molar-refractivity contribution in [2.75, 3.05) is 5.75 Å². The van der Waals surface area contributed by atoms with Crippen LogP contribution in [0.3, 0.4) is 0 Å². The number of rotatable bonds is 6. The van der Waals surface area contributed by atoms with Gasteiger partial charge >= 0.3 is 0 Å². The zero-order valence-corrected chi connectivity index (χ0v) is 14.0. The van der Waals surface area contributed by atoms with Crippen molar-refractivity contribution in [1.29, 1.82) is 0 Å². The summed E-state index contributed by atoms with van der Waals surface area (Å²) in [5, 5.41) is 9.75. The topological polar surface area (TPSA) is 74.4 Å². The van der Waals surface area contributed by atoms with E-state index >= 15 is 0 Å². The van der Waals surface area contributed by atoms with E-state index in [0.29, 0.717) is 10.9 Å². The minimum Gasteiger partial charge on any atom is -0.362 e. The fourth-order valence-corrected chi connectivity index (χ4v) is 3.63. The number of thiophene rings is 1. The molecule has 0 saturated carbocycles. The summed E-state index contributed by atoms with van der Waals surface area (Å²) in [6, 6.07) is 5.98. The third-order valence-electron chi connectivity index (χ3n) is 3.22. The molecular formula is C15H16N4OS2. The zero-order chi connectivity index (χ0) is 15.5. The second-order valence-electron chi connectivity index (χ2n) is 5.02. The van der Waals surface area contributed by atoms with Crippen molar-refractivity contribution >= 4 is 28.9 Å². The Labute approximate surface area is 136 Å². The predicted molar refractivity (Wildman–Crippen MR) is 88.8 cm³/mol. The zero-order valence-electron chi connectivity index (χ0n) is 12.3. The number of hydrogen-bond donors (Lipinski definition) is 2. The van der Waals surface area contributed by atoms with Crippen molar-refractivity contribution in [3.8, 4) is 0 Å². The SMILES string of the molecule is Cc1cc(C(=O)CSc2n[nH]c(Cc3cccs3)n2)c(C)[nH]1. The molecule has 3 heterocycles. The van der Waals surface area contributed by atoms with Gasteiger partial charge in [-0.15, -0.1) is 16.4 Å². The van der Waals surface area contributed by atoms with Gasteiger partial charge in [-0.05, 0) is 31.4 Å². The molecule has 0 aliphatic carbocycles. The van der Waals surface area contributed by atoms with Gasteiger partial charge in [0.05, 0.1) is 5.75 Å².